The van der Waals surface area contributed by atoms with Gasteiger partial charge in [-0.05, 0) is 44.1 Å². The quantitative estimate of drug-likeness (QED) is 0.567. The number of halogens is 2. The molecule has 6 N–H and O–H groups in total. The molecule has 0 amide bonds. The number of nitrogens with zero attached hydrogens (tertiary/aromatic N) is 1. The molecule has 2 heterocycles. The molecule has 1 saturated heterocycles. The highest BCUT2D eigenvalue weighted by Gasteiger charge is 2.39. The van der Waals surface area contributed by atoms with Crippen LogP contribution in [-0.4, -0.2) is 24.8 Å². The summed E-state index contributed by atoms with van der Waals surface area (Å²) in [5, 5.41) is 7.58. The number of anilines is 1. The molecule has 0 spiro atoms. The first-order chi connectivity index (χ1) is 10.0. The summed E-state index contributed by atoms with van der Waals surface area (Å²) in [5.41, 5.74) is 13.2. The molecule has 2 aliphatic rings. The van der Waals surface area contributed by atoms with Crippen molar-refractivity contribution in [3.8, 4) is 0 Å². The van der Waals surface area contributed by atoms with Crippen molar-refractivity contribution in [2.75, 3.05) is 18.4 Å². The maximum Gasteiger partial charge on any atom is 0.213 e. The summed E-state index contributed by atoms with van der Waals surface area (Å²) in [4.78, 5) is 4.55. The van der Waals surface area contributed by atoms with Gasteiger partial charge in [-0.2, -0.15) is 5.43 Å². The van der Waals surface area contributed by atoms with E-state index >= 15 is 0 Å². The van der Waals surface area contributed by atoms with Gasteiger partial charge in [0.1, 0.15) is 0 Å². The number of hydrogen-bond acceptors (Lipinski definition) is 6. The van der Waals surface area contributed by atoms with Crippen molar-refractivity contribution in [1.82, 2.24) is 16.2 Å². The van der Waals surface area contributed by atoms with Crippen molar-refractivity contribution >= 4 is 34.8 Å². The fraction of sp³-hybridized carbons (Fsp3) is 0.462. The Morgan fingerprint density at radius 2 is 1.86 bits per heavy atom. The van der Waals surface area contributed by atoms with Crippen LogP contribution >= 0.6 is 23.2 Å². The summed E-state index contributed by atoms with van der Waals surface area (Å²) in [6, 6.07) is 5.23. The van der Waals surface area contributed by atoms with Crippen molar-refractivity contribution in [2.45, 2.75) is 18.6 Å². The SMILES string of the molecule is NC1(C2CCNCC2)N=C(Nc2cc(Cl)cc(Cl)c2)NN1. The monoisotopic (exact) mass is 328 g/mol. The third-order valence-electron chi connectivity index (χ3n) is 3.76. The average molecular weight is 329 g/mol. The molecular weight excluding hydrogens is 311 g/mol. The van der Waals surface area contributed by atoms with E-state index in [0.29, 0.717) is 16.0 Å². The maximum absolute atomic E-state index is 6.36. The highest BCUT2D eigenvalue weighted by Crippen LogP contribution is 2.26. The van der Waals surface area contributed by atoms with Gasteiger partial charge < -0.3 is 10.6 Å². The Bertz CT molecular complexity index is 537. The predicted octanol–water partition coefficient (Wildman–Crippen LogP) is 1.48. The molecule has 8 heteroatoms. The van der Waals surface area contributed by atoms with E-state index in [9.17, 15) is 0 Å². The van der Waals surface area contributed by atoms with Crippen LogP contribution in [0.3, 0.4) is 0 Å². The van der Waals surface area contributed by atoms with E-state index in [1.807, 2.05) is 0 Å². The van der Waals surface area contributed by atoms with Crippen LogP contribution < -0.4 is 27.2 Å². The summed E-state index contributed by atoms with van der Waals surface area (Å²) < 4.78 is 0. The number of hydrazine groups is 1. The molecule has 114 valence electrons. The number of guanidine groups is 1. The van der Waals surface area contributed by atoms with E-state index in [1.54, 1.807) is 18.2 Å². The number of piperidine rings is 1. The van der Waals surface area contributed by atoms with Gasteiger partial charge in [-0.3, -0.25) is 11.2 Å². The minimum absolute atomic E-state index is 0.286. The molecule has 1 fully saturated rings. The molecule has 3 rings (SSSR count). The van der Waals surface area contributed by atoms with Gasteiger partial charge in [-0.15, -0.1) is 0 Å². The molecular formula is C13H18Cl2N6. The Labute approximate surface area is 133 Å². The minimum Gasteiger partial charge on any atom is -0.325 e. The molecule has 2 aliphatic heterocycles. The summed E-state index contributed by atoms with van der Waals surface area (Å²) in [6.45, 7) is 1.93. The van der Waals surface area contributed by atoms with Gasteiger partial charge in [0.2, 0.25) is 5.96 Å². The Kier molecular flexibility index (Phi) is 4.24. The first-order valence-electron chi connectivity index (χ1n) is 6.91. The molecule has 1 aromatic rings. The number of nitrogens with one attached hydrogen (secondary N) is 4. The Balaban J connectivity index is 1.73. The lowest BCUT2D eigenvalue weighted by atomic mass is 9.91. The first kappa shape index (κ1) is 14.9. The van der Waals surface area contributed by atoms with E-state index in [-0.39, 0.29) is 5.92 Å². The van der Waals surface area contributed by atoms with Gasteiger partial charge in [0.05, 0.1) is 0 Å². The van der Waals surface area contributed by atoms with E-state index < -0.39 is 5.79 Å². The second kappa shape index (κ2) is 5.98. The molecule has 0 aromatic heterocycles. The third kappa shape index (κ3) is 3.41. The second-order valence-corrected chi connectivity index (χ2v) is 6.22. The van der Waals surface area contributed by atoms with Crippen molar-refractivity contribution in [3.63, 3.8) is 0 Å². The summed E-state index contributed by atoms with van der Waals surface area (Å²) in [6.07, 6.45) is 1.98. The van der Waals surface area contributed by atoms with E-state index in [4.69, 9.17) is 28.9 Å². The van der Waals surface area contributed by atoms with Gasteiger partial charge >= 0.3 is 0 Å². The standard InChI is InChI=1S/C13H18Cl2N6/c14-9-5-10(15)7-11(6-9)18-12-19-13(16,21-20-12)8-1-3-17-4-2-8/h5-8,17,21H,1-4,16H2,(H2,18,19,20). The Morgan fingerprint density at radius 3 is 2.52 bits per heavy atom. The Hall–Kier alpha value is -1.05. The molecule has 21 heavy (non-hydrogen) atoms. The third-order valence-corrected chi connectivity index (χ3v) is 4.20. The average Bonchev–Trinajstić information content (AvgIpc) is 2.81. The van der Waals surface area contributed by atoms with Crippen molar-refractivity contribution in [2.24, 2.45) is 16.6 Å². The minimum atomic E-state index is -0.785. The van der Waals surface area contributed by atoms with Crippen LogP contribution in [0, 0.1) is 5.92 Å². The summed E-state index contributed by atoms with van der Waals surface area (Å²) >= 11 is 12.0. The predicted molar refractivity (Wildman–Crippen MR) is 86.3 cm³/mol. The molecule has 1 unspecified atom stereocenters. The zero-order valence-corrected chi connectivity index (χ0v) is 12.9. The van der Waals surface area contributed by atoms with Crippen molar-refractivity contribution in [1.29, 1.82) is 0 Å². The lowest BCUT2D eigenvalue weighted by Crippen LogP contribution is -2.59. The lowest BCUT2D eigenvalue weighted by molar-refractivity contribution is 0.186. The lowest BCUT2D eigenvalue weighted by Gasteiger charge is -2.33. The first-order valence-corrected chi connectivity index (χ1v) is 7.66. The molecule has 6 nitrogen and oxygen atoms in total. The van der Waals surface area contributed by atoms with Gasteiger partial charge in [-0.1, -0.05) is 23.2 Å². The number of hydrogen-bond donors (Lipinski definition) is 5. The van der Waals surface area contributed by atoms with Crippen LogP contribution in [0.2, 0.25) is 10.0 Å². The molecule has 0 bridgehead atoms. The fourth-order valence-electron chi connectivity index (χ4n) is 2.68. The smallest absolute Gasteiger partial charge is 0.213 e. The van der Waals surface area contributed by atoms with Gasteiger partial charge in [0, 0.05) is 21.7 Å². The summed E-state index contributed by atoms with van der Waals surface area (Å²) in [5.74, 6) is 0.0650. The van der Waals surface area contributed by atoms with Crippen molar-refractivity contribution in [3.05, 3.63) is 28.2 Å². The van der Waals surface area contributed by atoms with Gasteiger partial charge in [-0.25, -0.2) is 4.99 Å². The number of rotatable bonds is 2. The normalized spacial score (nSPS) is 26.3. The second-order valence-electron chi connectivity index (χ2n) is 5.34. The van der Waals surface area contributed by atoms with Crippen LogP contribution in [0.5, 0.6) is 0 Å². The van der Waals surface area contributed by atoms with E-state index in [1.165, 1.54) is 0 Å². The molecule has 1 atom stereocenters. The van der Waals surface area contributed by atoms with Crippen molar-refractivity contribution < 1.29 is 0 Å². The van der Waals surface area contributed by atoms with E-state index in [0.717, 1.165) is 31.6 Å². The number of benzene rings is 1. The van der Waals surface area contributed by atoms with Crippen LogP contribution in [0.25, 0.3) is 0 Å². The van der Waals surface area contributed by atoms with Crippen LogP contribution in [0.4, 0.5) is 5.69 Å². The number of aliphatic imine (C=N–C) groups is 1. The summed E-state index contributed by atoms with van der Waals surface area (Å²) in [7, 11) is 0. The highest BCUT2D eigenvalue weighted by atomic mass is 35.5. The van der Waals surface area contributed by atoms with Crippen LogP contribution in [0.15, 0.2) is 23.2 Å². The van der Waals surface area contributed by atoms with E-state index in [2.05, 4.69) is 26.5 Å². The topological polar surface area (TPSA) is 86.5 Å². The number of nitrogens with two attached hydrogens (primary N) is 1. The largest absolute Gasteiger partial charge is 0.325 e. The zero-order chi connectivity index (χ0) is 14.9. The van der Waals surface area contributed by atoms with Crippen LogP contribution in [0.1, 0.15) is 12.8 Å². The zero-order valence-electron chi connectivity index (χ0n) is 11.4. The van der Waals surface area contributed by atoms with Gasteiger partial charge in [0.25, 0.3) is 0 Å². The molecule has 0 saturated carbocycles. The fourth-order valence-corrected chi connectivity index (χ4v) is 3.20. The Morgan fingerprint density at radius 1 is 1.19 bits per heavy atom. The molecule has 1 aromatic carbocycles. The van der Waals surface area contributed by atoms with Crippen LogP contribution in [-0.2, 0) is 0 Å². The van der Waals surface area contributed by atoms with Gasteiger partial charge in [0.15, 0.2) is 5.79 Å². The molecule has 0 aliphatic carbocycles. The maximum atomic E-state index is 6.36. The molecule has 0 radical (unpaired) electrons. The highest BCUT2D eigenvalue weighted by molar-refractivity contribution is 6.35.